The number of ether oxygens (including phenoxy) is 1. The second-order valence-corrected chi connectivity index (χ2v) is 8.19. The quantitative estimate of drug-likeness (QED) is 0.320. The lowest BCUT2D eigenvalue weighted by molar-refractivity contribution is -0.140. The van der Waals surface area contributed by atoms with Crippen molar-refractivity contribution in [1.82, 2.24) is 4.90 Å². The van der Waals surface area contributed by atoms with E-state index < -0.39 is 23.5 Å². The number of carbonyl (C=O) groups is 2. The highest BCUT2D eigenvalue weighted by molar-refractivity contribution is 6.46. The highest BCUT2D eigenvalue weighted by atomic mass is 19.1. The first kappa shape index (κ1) is 22.3. The number of benzene rings is 2. The molecule has 0 radical (unpaired) electrons. The Kier molecular flexibility index (Phi) is 6.05. The topological polar surface area (TPSA) is 80.0 Å². The van der Waals surface area contributed by atoms with Gasteiger partial charge in [-0.3, -0.25) is 9.59 Å². The van der Waals surface area contributed by atoms with Crippen LogP contribution in [0.2, 0.25) is 0 Å². The van der Waals surface area contributed by atoms with Crippen molar-refractivity contribution in [1.29, 1.82) is 0 Å². The number of Topliss-reactive ketones (excluding diaryl/α,β-unsaturated/α-hetero) is 1. The Bertz CT molecular complexity index is 1210. The Morgan fingerprint density at radius 3 is 2.30 bits per heavy atom. The molecule has 2 heterocycles. The third-order valence-corrected chi connectivity index (χ3v) is 5.34. The molecule has 4 rings (SSSR count). The van der Waals surface area contributed by atoms with Gasteiger partial charge < -0.3 is 19.2 Å². The van der Waals surface area contributed by atoms with Crippen LogP contribution in [0.25, 0.3) is 5.76 Å². The summed E-state index contributed by atoms with van der Waals surface area (Å²) < 4.78 is 24.7. The fourth-order valence-corrected chi connectivity index (χ4v) is 3.84. The van der Waals surface area contributed by atoms with Crippen molar-refractivity contribution in [2.24, 2.45) is 0 Å². The zero-order valence-electron chi connectivity index (χ0n) is 18.5. The van der Waals surface area contributed by atoms with E-state index in [4.69, 9.17) is 9.15 Å². The van der Waals surface area contributed by atoms with E-state index in [9.17, 15) is 19.1 Å². The summed E-state index contributed by atoms with van der Waals surface area (Å²) in [6.07, 6.45) is -0.0107. The molecule has 1 aromatic heterocycles. The van der Waals surface area contributed by atoms with Crippen molar-refractivity contribution in [2.45, 2.75) is 39.5 Å². The van der Waals surface area contributed by atoms with Crippen molar-refractivity contribution in [2.75, 3.05) is 0 Å². The van der Waals surface area contributed by atoms with Crippen molar-refractivity contribution < 1.29 is 28.2 Å². The lowest BCUT2D eigenvalue weighted by Crippen LogP contribution is -2.29. The summed E-state index contributed by atoms with van der Waals surface area (Å²) >= 11 is 0. The van der Waals surface area contributed by atoms with Gasteiger partial charge in [0.25, 0.3) is 11.7 Å². The van der Waals surface area contributed by atoms with Crippen LogP contribution < -0.4 is 4.74 Å². The first-order chi connectivity index (χ1) is 15.7. The van der Waals surface area contributed by atoms with Crippen LogP contribution in [0.1, 0.15) is 42.5 Å². The standard InChI is InChI=1S/C26H24FNO5/c1-15(2)32-20-11-7-18(8-12-20)24(29)22-23(21-13-4-16(3)33-21)28(26(31)25(22)30)14-17-5-9-19(27)10-6-17/h4-13,15,23,29H,14H2,1-3H3/b24-22-. The van der Waals surface area contributed by atoms with Gasteiger partial charge in [-0.1, -0.05) is 12.1 Å². The molecule has 6 nitrogen and oxygen atoms in total. The summed E-state index contributed by atoms with van der Waals surface area (Å²) in [5.41, 5.74) is 0.954. The highest BCUT2D eigenvalue weighted by Crippen LogP contribution is 2.41. The number of hydrogen-bond acceptors (Lipinski definition) is 5. The summed E-state index contributed by atoms with van der Waals surface area (Å²) in [6, 6.07) is 14.8. The number of aliphatic hydroxyl groups is 1. The Morgan fingerprint density at radius 1 is 1.06 bits per heavy atom. The zero-order chi connectivity index (χ0) is 23.7. The Morgan fingerprint density at radius 2 is 1.73 bits per heavy atom. The molecule has 33 heavy (non-hydrogen) atoms. The molecule has 1 aliphatic rings. The summed E-state index contributed by atoms with van der Waals surface area (Å²) in [7, 11) is 0. The number of rotatable bonds is 6. The van der Waals surface area contributed by atoms with E-state index in [2.05, 4.69) is 0 Å². The number of aryl methyl sites for hydroxylation is 1. The van der Waals surface area contributed by atoms with E-state index in [1.165, 1.54) is 17.0 Å². The number of carbonyl (C=O) groups excluding carboxylic acids is 2. The van der Waals surface area contributed by atoms with E-state index in [0.29, 0.717) is 28.4 Å². The van der Waals surface area contributed by atoms with Crippen LogP contribution in [0.4, 0.5) is 4.39 Å². The number of amides is 1. The average Bonchev–Trinajstić information content (AvgIpc) is 3.31. The molecule has 0 bridgehead atoms. The van der Waals surface area contributed by atoms with Crippen LogP contribution in [0.5, 0.6) is 5.75 Å². The molecule has 0 aliphatic carbocycles. The first-order valence-electron chi connectivity index (χ1n) is 10.6. The highest BCUT2D eigenvalue weighted by Gasteiger charge is 2.47. The van der Waals surface area contributed by atoms with Gasteiger partial charge in [-0.2, -0.15) is 0 Å². The van der Waals surface area contributed by atoms with Gasteiger partial charge in [0, 0.05) is 12.1 Å². The number of nitrogens with zero attached hydrogens (tertiary/aromatic N) is 1. The van der Waals surface area contributed by atoms with Crippen molar-refractivity contribution in [3.05, 3.63) is 94.7 Å². The van der Waals surface area contributed by atoms with Gasteiger partial charge in [0.05, 0.1) is 11.7 Å². The maximum atomic E-state index is 13.3. The molecule has 0 saturated carbocycles. The van der Waals surface area contributed by atoms with Crippen molar-refractivity contribution in [3.63, 3.8) is 0 Å². The predicted octanol–water partition coefficient (Wildman–Crippen LogP) is 5.14. The molecule has 1 amide bonds. The molecular formula is C26H24FNO5. The van der Waals surface area contributed by atoms with Gasteiger partial charge in [0.1, 0.15) is 34.9 Å². The normalized spacial score (nSPS) is 17.7. The molecule has 1 saturated heterocycles. The minimum Gasteiger partial charge on any atom is -0.507 e. The second kappa shape index (κ2) is 8.94. The van der Waals surface area contributed by atoms with E-state index in [-0.39, 0.29) is 24.0 Å². The molecule has 1 atom stereocenters. The van der Waals surface area contributed by atoms with E-state index >= 15 is 0 Å². The largest absolute Gasteiger partial charge is 0.507 e. The van der Waals surface area contributed by atoms with Crippen LogP contribution >= 0.6 is 0 Å². The van der Waals surface area contributed by atoms with E-state index in [0.717, 1.165) is 0 Å². The Labute approximate surface area is 190 Å². The third kappa shape index (κ3) is 4.53. The minimum absolute atomic E-state index is 0.0107. The fourth-order valence-electron chi connectivity index (χ4n) is 3.84. The predicted molar refractivity (Wildman–Crippen MR) is 120 cm³/mol. The Balaban J connectivity index is 1.77. The SMILES string of the molecule is Cc1ccc(C2/C(=C(/O)c3ccc(OC(C)C)cc3)C(=O)C(=O)N2Cc2ccc(F)cc2)o1. The van der Waals surface area contributed by atoms with Gasteiger partial charge in [-0.25, -0.2) is 4.39 Å². The molecule has 2 aromatic carbocycles. The van der Waals surface area contributed by atoms with Crippen LogP contribution in [0.15, 0.2) is 70.7 Å². The lowest BCUT2D eigenvalue weighted by Gasteiger charge is -2.23. The monoisotopic (exact) mass is 449 g/mol. The number of hydrogen-bond donors (Lipinski definition) is 1. The number of halogens is 1. The molecule has 3 aromatic rings. The van der Waals surface area contributed by atoms with Gasteiger partial charge in [-0.15, -0.1) is 0 Å². The molecule has 170 valence electrons. The van der Waals surface area contributed by atoms with Gasteiger partial charge in [-0.05, 0) is 74.9 Å². The van der Waals surface area contributed by atoms with Crippen LogP contribution in [0.3, 0.4) is 0 Å². The minimum atomic E-state index is -0.921. The molecule has 1 fully saturated rings. The van der Waals surface area contributed by atoms with Crippen LogP contribution in [-0.4, -0.2) is 27.8 Å². The van der Waals surface area contributed by atoms with Crippen LogP contribution in [-0.2, 0) is 16.1 Å². The van der Waals surface area contributed by atoms with E-state index in [1.54, 1.807) is 55.5 Å². The summed E-state index contributed by atoms with van der Waals surface area (Å²) in [4.78, 5) is 27.4. The van der Waals surface area contributed by atoms with E-state index in [1.807, 2.05) is 13.8 Å². The van der Waals surface area contributed by atoms with Gasteiger partial charge >= 0.3 is 0 Å². The summed E-state index contributed by atoms with van der Waals surface area (Å²) in [5.74, 6) is -0.691. The second-order valence-electron chi connectivity index (χ2n) is 8.19. The molecule has 0 spiro atoms. The van der Waals surface area contributed by atoms with Crippen molar-refractivity contribution >= 4 is 17.4 Å². The third-order valence-electron chi connectivity index (χ3n) is 5.34. The first-order valence-corrected chi connectivity index (χ1v) is 10.6. The van der Waals surface area contributed by atoms with Crippen molar-refractivity contribution in [3.8, 4) is 5.75 Å². The zero-order valence-corrected chi connectivity index (χ0v) is 18.5. The molecule has 1 aliphatic heterocycles. The molecular weight excluding hydrogens is 425 g/mol. The lowest BCUT2D eigenvalue weighted by atomic mass is 9.99. The smallest absolute Gasteiger partial charge is 0.296 e. The number of furan rings is 1. The fraction of sp³-hybridized carbons (Fsp3) is 0.231. The maximum absolute atomic E-state index is 13.3. The summed E-state index contributed by atoms with van der Waals surface area (Å²) in [6.45, 7) is 5.61. The van der Waals surface area contributed by atoms with Gasteiger partial charge in [0.15, 0.2) is 0 Å². The summed E-state index contributed by atoms with van der Waals surface area (Å²) in [5, 5.41) is 11.1. The molecule has 1 N–H and O–H groups in total. The number of aliphatic hydroxyl groups excluding tert-OH is 1. The number of likely N-dealkylation sites (tertiary alicyclic amines) is 1. The Hall–Kier alpha value is -3.87. The maximum Gasteiger partial charge on any atom is 0.296 e. The molecule has 7 heteroatoms. The molecule has 1 unspecified atom stereocenters. The number of ketones is 1. The van der Waals surface area contributed by atoms with Crippen LogP contribution in [0, 0.1) is 12.7 Å². The van der Waals surface area contributed by atoms with Gasteiger partial charge in [0.2, 0.25) is 0 Å². The average molecular weight is 449 g/mol.